The molecule has 4 rings (SSSR count). The number of unbranched alkanes of at least 4 members (excludes halogenated alkanes) is 60. The number of halogens is 2. The Morgan fingerprint density at radius 1 is 0.217 bits per heavy atom. The number of aromatic nitrogens is 2. The molecule has 2 heterocycles. The Bertz CT molecular complexity index is 2380. The highest BCUT2D eigenvalue weighted by molar-refractivity contribution is 5.70. The van der Waals surface area contributed by atoms with Gasteiger partial charge in [0.1, 0.15) is 14.1 Å². The third-order valence-electron chi connectivity index (χ3n) is 22.7. The van der Waals surface area contributed by atoms with Crippen molar-refractivity contribution in [1.29, 1.82) is 0 Å². The van der Waals surface area contributed by atoms with Crippen LogP contribution >= 0.6 is 0 Å². The average molecular weight is 1690 g/mol. The first kappa shape index (κ1) is 101. The highest BCUT2D eigenvalue weighted by atomic mass is 127. The van der Waals surface area contributed by atoms with E-state index in [1.54, 1.807) is 0 Å². The summed E-state index contributed by atoms with van der Waals surface area (Å²) in [5.74, 6) is 0. The van der Waals surface area contributed by atoms with Crippen LogP contribution in [0.3, 0.4) is 0 Å². The molecule has 2 aromatic carbocycles. The molecule has 0 amide bonds. The molecular formula is C100H174I2N4. The normalized spacial score (nSPS) is 11.4. The lowest BCUT2D eigenvalue weighted by atomic mass is 10.0. The molecule has 106 heavy (non-hydrogen) atoms. The number of hydrogen-bond acceptors (Lipinski definition) is 2. The fourth-order valence-corrected chi connectivity index (χ4v) is 15.4. The molecule has 0 spiro atoms. The van der Waals surface area contributed by atoms with Crippen LogP contribution < -0.4 is 66.9 Å². The number of aryl methyl sites for hydroxylation is 2. The molecule has 0 aliphatic carbocycles. The Morgan fingerprint density at radius 2 is 0.415 bits per heavy atom. The summed E-state index contributed by atoms with van der Waals surface area (Å²) in [5, 5.41) is 0. The molecule has 0 saturated carbocycles. The van der Waals surface area contributed by atoms with Gasteiger partial charge in [-0.3, -0.25) is 0 Å². The van der Waals surface area contributed by atoms with E-state index in [4.69, 9.17) is 0 Å². The minimum Gasteiger partial charge on any atom is -1.00 e. The van der Waals surface area contributed by atoms with Crippen LogP contribution in [0.2, 0.25) is 0 Å². The molecule has 0 aliphatic rings. The summed E-state index contributed by atoms with van der Waals surface area (Å²) in [6.07, 6.45) is 107. The summed E-state index contributed by atoms with van der Waals surface area (Å²) in [5.41, 5.74) is 7.84. The van der Waals surface area contributed by atoms with Gasteiger partial charge in [-0.15, -0.1) is 0 Å². The number of anilines is 2. The fourth-order valence-electron chi connectivity index (χ4n) is 15.4. The van der Waals surface area contributed by atoms with E-state index in [1.807, 2.05) is 0 Å². The fraction of sp³-hybridized carbons (Fsp3) is 0.740. The van der Waals surface area contributed by atoms with Gasteiger partial charge in [0.25, 0.3) is 0 Å². The minimum absolute atomic E-state index is 0. The minimum atomic E-state index is 0. The van der Waals surface area contributed by atoms with Gasteiger partial charge in [-0.2, -0.15) is 0 Å². The third kappa shape index (κ3) is 61.9. The van der Waals surface area contributed by atoms with Crippen molar-refractivity contribution in [2.75, 3.05) is 36.0 Å². The number of pyridine rings is 2. The number of nitrogens with zero attached hydrogens (tertiary/aromatic N) is 4. The second kappa shape index (κ2) is 78.9. The maximum absolute atomic E-state index is 2.70. The predicted molar refractivity (Wildman–Crippen MR) is 469 cm³/mol. The maximum Gasteiger partial charge on any atom is 0.204 e. The zero-order chi connectivity index (χ0) is 74.0. The average Bonchev–Trinajstić information content (AvgIpc) is 0.877. The first-order chi connectivity index (χ1) is 51.5. The Labute approximate surface area is 695 Å². The van der Waals surface area contributed by atoms with E-state index in [-0.39, 0.29) is 48.0 Å². The van der Waals surface area contributed by atoms with Gasteiger partial charge < -0.3 is 57.8 Å². The molecule has 0 saturated heterocycles. The Hall–Kier alpha value is -2.72. The number of rotatable bonds is 74. The van der Waals surface area contributed by atoms with Crippen molar-refractivity contribution in [2.24, 2.45) is 14.1 Å². The van der Waals surface area contributed by atoms with Crippen molar-refractivity contribution in [3.8, 4) is 0 Å². The summed E-state index contributed by atoms with van der Waals surface area (Å²) < 4.78 is 4.25. The van der Waals surface area contributed by atoms with Gasteiger partial charge in [-0.05, 0) is 78.8 Å². The van der Waals surface area contributed by atoms with Crippen molar-refractivity contribution in [3.05, 3.63) is 120 Å². The smallest absolute Gasteiger partial charge is 0.204 e. The molecule has 608 valence electrons. The van der Waals surface area contributed by atoms with Gasteiger partial charge >= 0.3 is 0 Å². The predicted octanol–water partition coefficient (Wildman–Crippen LogP) is 26.0. The molecule has 6 heteroatoms. The van der Waals surface area contributed by atoms with Crippen LogP contribution in [-0.4, -0.2) is 26.2 Å². The Morgan fingerprint density at radius 3 is 0.632 bits per heavy atom. The number of hydrogen-bond donors (Lipinski definition) is 0. The molecule has 4 nitrogen and oxygen atoms in total. The topological polar surface area (TPSA) is 14.2 Å². The van der Waals surface area contributed by atoms with E-state index < -0.39 is 0 Å². The molecular weight excluding hydrogens is 1510 g/mol. The first-order valence-electron chi connectivity index (χ1n) is 46.4. The summed E-state index contributed by atoms with van der Waals surface area (Å²) in [4.78, 5) is 5.38. The van der Waals surface area contributed by atoms with E-state index in [1.165, 1.54) is 471 Å². The van der Waals surface area contributed by atoms with Crippen LogP contribution in [0, 0.1) is 0 Å². The molecule has 0 N–H and O–H groups in total. The highest BCUT2D eigenvalue weighted by Crippen LogP contribution is 2.25. The standard InChI is InChI=1S/C54H95N2.C46H79N2.2HI/c1-4-6-8-10-12-14-16-18-20-22-24-26-28-30-32-34-36-38-48-56(54-44-42-52(43-45-54)40-41-53-46-50-55(3)51-47-53)49-39-37-35-33-31-29-27-25-23-21-19-17-15-13-11-9-7-5-2;1-4-6-8-10-12-14-16-18-20-22-24-26-28-31-42-48(43-32-29-27-25-23-21-19-17-15-13-11-9-7-5-2)46-39-36-44(37-40-46)35-38-45-34-30-33-41-47(45)3;;/h40-47,50-51H,4-39,48-49H2,1-3H3;30,33-41H,4-29,31-32,42-43H2,1-3H3;2*1H/q2*+1;;/p-2. The van der Waals surface area contributed by atoms with Crippen LogP contribution in [-0.2, 0) is 14.1 Å². The highest BCUT2D eigenvalue weighted by Gasteiger charge is 2.11. The van der Waals surface area contributed by atoms with Crippen LogP contribution in [0.5, 0.6) is 0 Å². The van der Waals surface area contributed by atoms with Crippen LogP contribution in [0.1, 0.15) is 461 Å². The van der Waals surface area contributed by atoms with E-state index >= 15 is 0 Å². The first-order valence-corrected chi connectivity index (χ1v) is 46.4. The van der Waals surface area contributed by atoms with Crippen LogP contribution in [0.15, 0.2) is 97.5 Å². The van der Waals surface area contributed by atoms with Crippen molar-refractivity contribution < 1.29 is 57.1 Å². The molecule has 0 bridgehead atoms. The lowest BCUT2D eigenvalue weighted by molar-refractivity contribution is -0.673. The largest absolute Gasteiger partial charge is 1.00 e. The maximum atomic E-state index is 2.70. The molecule has 0 aliphatic heterocycles. The second-order valence-corrected chi connectivity index (χ2v) is 32.6. The van der Waals surface area contributed by atoms with Gasteiger partial charge in [0.2, 0.25) is 5.69 Å². The summed E-state index contributed by atoms with van der Waals surface area (Å²) in [6.45, 7) is 14.0. The molecule has 0 atom stereocenters. The molecule has 2 aromatic heterocycles. The molecule has 4 aromatic rings. The van der Waals surface area contributed by atoms with E-state index in [0.29, 0.717) is 0 Å². The van der Waals surface area contributed by atoms with Crippen molar-refractivity contribution >= 4 is 35.7 Å². The van der Waals surface area contributed by atoms with Crippen LogP contribution in [0.4, 0.5) is 11.4 Å². The lowest BCUT2D eigenvalue weighted by Gasteiger charge is -2.25. The summed E-state index contributed by atoms with van der Waals surface area (Å²) >= 11 is 0. The molecule has 0 radical (unpaired) electrons. The van der Waals surface area contributed by atoms with Gasteiger partial charge in [0.15, 0.2) is 18.6 Å². The SMILES string of the molecule is CCCCCCCCCCCCCCCCCCCCN(CCCCCCCCCCCCCCCCCCCC)c1ccc(C=Cc2cc[n+](C)cc2)cc1.CCCCCCCCCCCCCCCCN(CCCCCCCCCCCCCCCC)c1ccc(C=Cc2cccc[n+]2C)cc1.[I-].[I-]. The Balaban J connectivity index is 0.00000105. The quantitative estimate of drug-likeness (QED) is 0.0248. The van der Waals surface area contributed by atoms with Gasteiger partial charge in [-0.1, -0.05) is 449 Å². The van der Waals surface area contributed by atoms with Gasteiger partial charge in [-0.25, -0.2) is 9.13 Å². The third-order valence-corrected chi connectivity index (χ3v) is 22.7. The zero-order valence-corrected chi connectivity index (χ0v) is 75.5. The van der Waals surface area contributed by atoms with Crippen molar-refractivity contribution in [3.63, 3.8) is 0 Å². The summed E-state index contributed by atoms with van der Waals surface area (Å²) in [6, 6.07) is 29.4. The van der Waals surface area contributed by atoms with Crippen molar-refractivity contribution in [1.82, 2.24) is 0 Å². The van der Waals surface area contributed by atoms with Crippen LogP contribution in [0.25, 0.3) is 24.3 Å². The molecule has 0 unspecified atom stereocenters. The monoisotopic (exact) mass is 1690 g/mol. The Kier molecular flexibility index (Phi) is 75.4. The molecule has 0 fully saturated rings. The van der Waals surface area contributed by atoms with Gasteiger partial charge in [0.05, 0.1) is 0 Å². The summed E-state index contributed by atoms with van der Waals surface area (Å²) in [7, 11) is 4.18. The second-order valence-electron chi connectivity index (χ2n) is 32.6. The zero-order valence-electron chi connectivity index (χ0n) is 71.2. The van der Waals surface area contributed by atoms with Crippen molar-refractivity contribution in [2.45, 2.75) is 439 Å². The number of benzene rings is 2. The van der Waals surface area contributed by atoms with E-state index in [2.05, 4.69) is 182 Å². The van der Waals surface area contributed by atoms with E-state index in [9.17, 15) is 0 Å². The van der Waals surface area contributed by atoms with Gasteiger partial charge in [0, 0.05) is 67.9 Å². The lowest BCUT2D eigenvalue weighted by Crippen LogP contribution is -3.00. The van der Waals surface area contributed by atoms with E-state index in [0.717, 1.165) is 0 Å².